The highest BCUT2D eigenvalue weighted by Crippen LogP contribution is 2.44. The van der Waals surface area contributed by atoms with Gasteiger partial charge in [0.25, 0.3) is 0 Å². The molecule has 0 aromatic rings. The highest BCUT2D eigenvalue weighted by atomic mass is 16.6. The van der Waals surface area contributed by atoms with Crippen LogP contribution in [0.2, 0.25) is 0 Å². The standard InChI is InChI=1S/C22H32O6/c1-7-15(3)20(25)27-19-10-11-21(5,17-9-8-14(2)12-18(17)24)28-22(19,6)13-26-16(4)23/h7,12,17,19H,8-11,13H2,1-6H3/t17-,19-,21-,22-/m0/s1. The predicted molar refractivity (Wildman–Crippen MR) is 105 cm³/mol. The molecule has 0 spiro atoms. The van der Waals surface area contributed by atoms with E-state index >= 15 is 0 Å². The quantitative estimate of drug-likeness (QED) is 0.525. The molecule has 0 unspecified atom stereocenters. The zero-order valence-corrected chi connectivity index (χ0v) is 17.8. The molecule has 6 heteroatoms. The summed E-state index contributed by atoms with van der Waals surface area (Å²) < 4.78 is 17.4. The summed E-state index contributed by atoms with van der Waals surface area (Å²) in [5.74, 6) is -1.04. The van der Waals surface area contributed by atoms with Crippen molar-refractivity contribution in [2.45, 2.75) is 84.5 Å². The average Bonchev–Trinajstić information content (AvgIpc) is 2.61. The number of hydrogen-bond acceptors (Lipinski definition) is 6. The van der Waals surface area contributed by atoms with Crippen molar-refractivity contribution in [3.05, 3.63) is 23.3 Å². The van der Waals surface area contributed by atoms with Gasteiger partial charge in [-0.2, -0.15) is 0 Å². The van der Waals surface area contributed by atoms with Gasteiger partial charge in [-0.3, -0.25) is 9.59 Å². The normalized spacial score (nSPS) is 33.9. The van der Waals surface area contributed by atoms with Crippen molar-refractivity contribution in [2.24, 2.45) is 5.92 Å². The van der Waals surface area contributed by atoms with Gasteiger partial charge in [-0.1, -0.05) is 11.6 Å². The first-order valence-corrected chi connectivity index (χ1v) is 9.89. The first kappa shape index (κ1) is 22.3. The summed E-state index contributed by atoms with van der Waals surface area (Å²) in [6, 6.07) is 0. The minimum absolute atomic E-state index is 0.0411. The Kier molecular flexibility index (Phi) is 6.86. The number of carbonyl (C=O) groups is 3. The largest absolute Gasteiger partial charge is 0.463 e. The Morgan fingerprint density at radius 1 is 1.29 bits per heavy atom. The zero-order valence-electron chi connectivity index (χ0n) is 17.8. The minimum Gasteiger partial charge on any atom is -0.463 e. The van der Waals surface area contributed by atoms with Crippen LogP contribution in [0.4, 0.5) is 0 Å². The first-order chi connectivity index (χ1) is 13.0. The summed E-state index contributed by atoms with van der Waals surface area (Å²) in [5.41, 5.74) is -0.149. The van der Waals surface area contributed by atoms with Crippen molar-refractivity contribution in [2.75, 3.05) is 6.61 Å². The Morgan fingerprint density at radius 3 is 2.54 bits per heavy atom. The van der Waals surface area contributed by atoms with Crippen molar-refractivity contribution in [3.63, 3.8) is 0 Å². The Balaban J connectivity index is 2.26. The number of carbonyl (C=O) groups excluding carboxylic acids is 3. The Hall–Kier alpha value is -1.95. The molecule has 0 bridgehead atoms. The summed E-state index contributed by atoms with van der Waals surface area (Å²) in [6.45, 7) is 10.4. The fourth-order valence-electron chi connectivity index (χ4n) is 4.04. The Bertz CT molecular complexity index is 706. The molecule has 2 aliphatic rings. The number of rotatable bonds is 5. The second kappa shape index (κ2) is 8.60. The molecule has 1 aliphatic heterocycles. The number of ketones is 1. The molecular formula is C22H32O6. The highest BCUT2D eigenvalue weighted by molar-refractivity contribution is 5.94. The molecule has 1 heterocycles. The van der Waals surface area contributed by atoms with Gasteiger partial charge in [0.15, 0.2) is 5.78 Å². The molecule has 0 aromatic heterocycles. The molecule has 4 atom stereocenters. The van der Waals surface area contributed by atoms with Gasteiger partial charge in [-0.15, -0.1) is 0 Å². The number of allylic oxidation sites excluding steroid dienone is 3. The smallest absolute Gasteiger partial charge is 0.333 e. The van der Waals surface area contributed by atoms with E-state index < -0.39 is 29.2 Å². The van der Waals surface area contributed by atoms with Crippen molar-refractivity contribution < 1.29 is 28.6 Å². The minimum atomic E-state index is -1.03. The van der Waals surface area contributed by atoms with Crippen molar-refractivity contribution in [1.82, 2.24) is 0 Å². The van der Waals surface area contributed by atoms with Gasteiger partial charge in [-0.25, -0.2) is 4.79 Å². The maximum absolute atomic E-state index is 12.6. The second-order valence-corrected chi connectivity index (χ2v) is 8.40. The van der Waals surface area contributed by atoms with E-state index in [2.05, 4.69) is 0 Å². The van der Waals surface area contributed by atoms with Crippen molar-refractivity contribution in [1.29, 1.82) is 0 Å². The topological polar surface area (TPSA) is 78.9 Å². The zero-order chi connectivity index (χ0) is 21.1. The molecule has 0 saturated carbocycles. The van der Waals surface area contributed by atoms with Gasteiger partial charge in [0.2, 0.25) is 0 Å². The third-order valence-corrected chi connectivity index (χ3v) is 5.91. The van der Waals surface area contributed by atoms with E-state index in [1.807, 2.05) is 13.8 Å². The summed E-state index contributed by atoms with van der Waals surface area (Å²) in [4.78, 5) is 36.3. The molecule has 28 heavy (non-hydrogen) atoms. The van der Waals surface area contributed by atoms with Gasteiger partial charge in [-0.05, 0) is 66.4 Å². The maximum Gasteiger partial charge on any atom is 0.333 e. The lowest BCUT2D eigenvalue weighted by Gasteiger charge is -2.51. The molecule has 1 saturated heterocycles. The van der Waals surface area contributed by atoms with E-state index in [4.69, 9.17) is 14.2 Å². The number of esters is 2. The van der Waals surface area contributed by atoms with E-state index in [0.717, 1.165) is 18.4 Å². The van der Waals surface area contributed by atoms with E-state index in [9.17, 15) is 14.4 Å². The second-order valence-electron chi connectivity index (χ2n) is 8.40. The summed E-state index contributed by atoms with van der Waals surface area (Å²) >= 11 is 0. The monoisotopic (exact) mass is 392 g/mol. The summed E-state index contributed by atoms with van der Waals surface area (Å²) in [7, 11) is 0. The molecule has 0 aromatic carbocycles. The molecular weight excluding hydrogens is 360 g/mol. The SMILES string of the molecule is CC=C(C)C(=O)O[C@H]1CC[C@@](C)([C@H]2CCC(C)=CC2=O)O[C@@]1(C)COC(C)=O. The third-order valence-electron chi connectivity index (χ3n) is 5.91. The molecule has 2 rings (SSSR count). The maximum atomic E-state index is 12.6. The fourth-order valence-corrected chi connectivity index (χ4v) is 4.04. The average molecular weight is 392 g/mol. The van der Waals surface area contributed by atoms with Gasteiger partial charge in [0.05, 0.1) is 11.5 Å². The lowest BCUT2D eigenvalue weighted by atomic mass is 9.72. The lowest BCUT2D eigenvalue weighted by Crippen LogP contribution is -2.60. The van der Waals surface area contributed by atoms with E-state index in [1.54, 1.807) is 32.9 Å². The van der Waals surface area contributed by atoms with Crippen LogP contribution in [0.25, 0.3) is 0 Å². The fraction of sp³-hybridized carbons (Fsp3) is 0.682. The van der Waals surface area contributed by atoms with Crippen LogP contribution in [0.1, 0.15) is 67.2 Å². The Labute approximate surface area is 167 Å². The van der Waals surface area contributed by atoms with Crippen molar-refractivity contribution >= 4 is 17.7 Å². The van der Waals surface area contributed by atoms with Crippen LogP contribution in [0.5, 0.6) is 0 Å². The third kappa shape index (κ3) is 4.90. The van der Waals surface area contributed by atoms with E-state index in [1.165, 1.54) is 6.92 Å². The van der Waals surface area contributed by atoms with Crippen LogP contribution in [0, 0.1) is 5.92 Å². The van der Waals surface area contributed by atoms with Gasteiger partial charge in [0.1, 0.15) is 18.3 Å². The van der Waals surface area contributed by atoms with Crippen molar-refractivity contribution in [3.8, 4) is 0 Å². The van der Waals surface area contributed by atoms with E-state index in [0.29, 0.717) is 18.4 Å². The number of hydrogen-bond donors (Lipinski definition) is 0. The van der Waals surface area contributed by atoms with Crippen LogP contribution >= 0.6 is 0 Å². The molecule has 1 fully saturated rings. The predicted octanol–water partition coefficient (Wildman–Crippen LogP) is 3.68. The summed E-state index contributed by atoms with van der Waals surface area (Å²) in [6.07, 6.45) is 5.52. The van der Waals surface area contributed by atoms with Crippen LogP contribution in [-0.4, -0.2) is 41.6 Å². The number of ether oxygens (including phenoxy) is 3. The van der Waals surface area contributed by atoms with Gasteiger partial charge >= 0.3 is 11.9 Å². The van der Waals surface area contributed by atoms with E-state index in [-0.39, 0.29) is 18.3 Å². The Morgan fingerprint density at radius 2 is 1.96 bits per heavy atom. The molecule has 0 radical (unpaired) electrons. The molecule has 1 aliphatic carbocycles. The molecule has 0 amide bonds. The molecule has 156 valence electrons. The highest BCUT2D eigenvalue weighted by Gasteiger charge is 2.53. The van der Waals surface area contributed by atoms with Gasteiger partial charge < -0.3 is 14.2 Å². The molecule has 0 N–H and O–H groups in total. The summed E-state index contributed by atoms with van der Waals surface area (Å²) in [5, 5.41) is 0. The van der Waals surface area contributed by atoms with Crippen LogP contribution in [0.3, 0.4) is 0 Å². The van der Waals surface area contributed by atoms with Gasteiger partial charge in [0, 0.05) is 12.5 Å². The first-order valence-electron chi connectivity index (χ1n) is 9.89. The van der Waals surface area contributed by atoms with Crippen LogP contribution < -0.4 is 0 Å². The van der Waals surface area contributed by atoms with Crippen LogP contribution in [-0.2, 0) is 28.6 Å². The van der Waals surface area contributed by atoms with Crippen LogP contribution in [0.15, 0.2) is 23.3 Å². The molecule has 6 nitrogen and oxygen atoms in total. The lowest BCUT2D eigenvalue weighted by molar-refractivity contribution is -0.257.